The Morgan fingerprint density at radius 3 is 2.68 bits per heavy atom. The Morgan fingerprint density at radius 1 is 1.37 bits per heavy atom. The van der Waals surface area contributed by atoms with Gasteiger partial charge in [-0.25, -0.2) is 0 Å². The normalized spacial score (nSPS) is 16.1. The molecule has 0 saturated heterocycles. The molecule has 0 unspecified atom stereocenters. The third-order valence-electron chi connectivity index (χ3n) is 3.39. The molecule has 2 aromatic rings. The molecule has 1 atom stereocenters. The van der Waals surface area contributed by atoms with Gasteiger partial charge in [-0.2, -0.15) is 0 Å². The fourth-order valence-electron chi connectivity index (χ4n) is 2.25. The molecule has 3 rings (SSSR count). The van der Waals surface area contributed by atoms with Crippen molar-refractivity contribution in [2.75, 3.05) is 0 Å². The van der Waals surface area contributed by atoms with E-state index < -0.39 is 0 Å². The molecular formula is C15H16N2O2. The lowest BCUT2D eigenvalue weighted by Gasteiger charge is -2.17. The van der Waals surface area contributed by atoms with Crippen molar-refractivity contribution in [1.82, 2.24) is 10.5 Å². The van der Waals surface area contributed by atoms with Crippen LogP contribution in [0.5, 0.6) is 0 Å². The van der Waals surface area contributed by atoms with Crippen LogP contribution in [0.4, 0.5) is 0 Å². The summed E-state index contributed by atoms with van der Waals surface area (Å²) in [5, 5.41) is 6.79. The molecule has 1 aromatic heterocycles. The predicted molar refractivity (Wildman–Crippen MR) is 70.6 cm³/mol. The van der Waals surface area contributed by atoms with Crippen LogP contribution >= 0.6 is 0 Å². The van der Waals surface area contributed by atoms with Crippen molar-refractivity contribution < 1.29 is 9.32 Å². The van der Waals surface area contributed by atoms with Crippen LogP contribution in [0.3, 0.4) is 0 Å². The van der Waals surface area contributed by atoms with Gasteiger partial charge in [-0.15, -0.1) is 0 Å². The van der Waals surface area contributed by atoms with Gasteiger partial charge in [0.05, 0.1) is 11.7 Å². The van der Waals surface area contributed by atoms with Gasteiger partial charge in [0.25, 0.3) is 5.91 Å². The highest BCUT2D eigenvalue weighted by atomic mass is 16.5. The van der Waals surface area contributed by atoms with E-state index >= 15 is 0 Å². The zero-order valence-corrected chi connectivity index (χ0v) is 10.8. The van der Waals surface area contributed by atoms with Crippen LogP contribution in [-0.2, 0) is 0 Å². The minimum absolute atomic E-state index is 0.0686. The van der Waals surface area contributed by atoms with E-state index in [9.17, 15) is 4.79 Å². The number of benzene rings is 1. The molecule has 4 heteroatoms. The standard InChI is InChI=1S/C15H16N2O2/c1-10-9-13(19-17-10)15(18)16-14(12-7-8-12)11-5-3-2-4-6-11/h2-6,9,12,14H,7-8H2,1H3,(H,16,18)/t14-/m1/s1. The topological polar surface area (TPSA) is 55.1 Å². The summed E-state index contributed by atoms with van der Waals surface area (Å²) in [6, 6.07) is 11.8. The number of nitrogens with zero attached hydrogens (tertiary/aromatic N) is 1. The smallest absolute Gasteiger partial charge is 0.290 e. The summed E-state index contributed by atoms with van der Waals surface area (Å²) in [7, 11) is 0. The van der Waals surface area contributed by atoms with Crippen LogP contribution in [0.1, 0.15) is 40.7 Å². The summed E-state index contributed by atoms with van der Waals surface area (Å²) in [5.41, 5.74) is 1.86. The fraction of sp³-hybridized carbons (Fsp3) is 0.333. The summed E-state index contributed by atoms with van der Waals surface area (Å²) in [4.78, 5) is 12.1. The highest BCUT2D eigenvalue weighted by molar-refractivity contribution is 5.91. The van der Waals surface area contributed by atoms with E-state index in [1.165, 1.54) is 0 Å². The van der Waals surface area contributed by atoms with Crippen LogP contribution in [0.15, 0.2) is 40.9 Å². The number of nitrogens with one attached hydrogen (secondary N) is 1. The van der Waals surface area contributed by atoms with Gasteiger partial charge in [0.1, 0.15) is 0 Å². The highest BCUT2D eigenvalue weighted by Gasteiger charge is 2.34. The number of hydrogen-bond donors (Lipinski definition) is 1. The molecule has 0 spiro atoms. The number of hydrogen-bond acceptors (Lipinski definition) is 3. The first kappa shape index (κ1) is 12.0. The van der Waals surface area contributed by atoms with Gasteiger partial charge >= 0.3 is 0 Å². The quantitative estimate of drug-likeness (QED) is 0.915. The lowest BCUT2D eigenvalue weighted by atomic mass is 10.0. The summed E-state index contributed by atoms with van der Waals surface area (Å²) in [5.74, 6) is 0.621. The molecule has 1 heterocycles. The Bertz CT molecular complexity index is 573. The van der Waals surface area contributed by atoms with Gasteiger partial charge in [0, 0.05) is 6.07 Å². The zero-order chi connectivity index (χ0) is 13.2. The second kappa shape index (κ2) is 4.88. The van der Waals surface area contributed by atoms with E-state index in [0.29, 0.717) is 11.6 Å². The minimum Gasteiger partial charge on any atom is -0.351 e. The Labute approximate surface area is 111 Å². The summed E-state index contributed by atoms with van der Waals surface area (Å²) < 4.78 is 5.00. The molecule has 98 valence electrons. The number of aryl methyl sites for hydroxylation is 1. The largest absolute Gasteiger partial charge is 0.351 e. The lowest BCUT2D eigenvalue weighted by molar-refractivity contribution is 0.0894. The molecule has 1 aliphatic carbocycles. The number of rotatable bonds is 4. The number of carbonyl (C=O) groups is 1. The Morgan fingerprint density at radius 2 is 2.11 bits per heavy atom. The number of amides is 1. The Hall–Kier alpha value is -2.10. The predicted octanol–water partition coefficient (Wildman–Crippen LogP) is 2.86. The Balaban J connectivity index is 1.77. The van der Waals surface area contributed by atoms with Crippen molar-refractivity contribution in [3.63, 3.8) is 0 Å². The number of aromatic nitrogens is 1. The first-order valence-electron chi connectivity index (χ1n) is 6.53. The van der Waals surface area contributed by atoms with Gasteiger partial charge in [-0.1, -0.05) is 35.5 Å². The minimum atomic E-state index is -0.193. The maximum absolute atomic E-state index is 12.1. The van der Waals surface area contributed by atoms with Crippen LogP contribution in [0, 0.1) is 12.8 Å². The molecule has 19 heavy (non-hydrogen) atoms. The molecule has 0 radical (unpaired) electrons. The third kappa shape index (κ3) is 2.67. The second-order valence-corrected chi connectivity index (χ2v) is 5.03. The van der Waals surface area contributed by atoms with Gasteiger partial charge in [0.15, 0.2) is 0 Å². The molecule has 1 fully saturated rings. The van der Waals surface area contributed by atoms with E-state index in [2.05, 4.69) is 22.6 Å². The van der Waals surface area contributed by atoms with Crippen LogP contribution in [-0.4, -0.2) is 11.1 Å². The van der Waals surface area contributed by atoms with Gasteiger partial charge in [-0.05, 0) is 31.2 Å². The average Bonchev–Trinajstić information content (AvgIpc) is 3.18. The molecule has 1 saturated carbocycles. The molecular weight excluding hydrogens is 240 g/mol. The first-order chi connectivity index (χ1) is 9.24. The molecule has 0 aliphatic heterocycles. The molecule has 1 aromatic carbocycles. The van der Waals surface area contributed by atoms with Crippen molar-refractivity contribution >= 4 is 5.91 Å². The highest BCUT2D eigenvalue weighted by Crippen LogP contribution is 2.41. The van der Waals surface area contributed by atoms with Crippen molar-refractivity contribution in [2.24, 2.45) is 5.92 Å². The summed E-state index contributed by atoms with van der Waals surface area (Å²) in [6.45, 7) is 1.80. The SMILES string of the molecule is Cc1cc(C(=O)N[C@H](c2ccccc2)C2CC2)on1. The van der Waals surface area contributed by atoms with Gasteiger partial charge < -0.3 is 9.84 Å². The second-order valence-electron chi connectivity index (χ2n) is 5.03. The lowest BCUT2D eigenvalue weighted by Crippen LogP contribution is -2.29. The van der Waals surface area contributed by atoms with Crippen LogP contribution in [0.25, 0.3) is 0 Å². The van der Waals surface area contributed by atoms with Crippen molar-refractivity contribution in [1.29, 1.82) is 0 Å². The van der Waals surface area contributed by atoms with E-state index in [1.807, 2.05) is 18.2 Å². The molecule has 1 amide bonds. The van der Waals surface area contributed by atoms with E-state index in [4.69, 9.17) is 4.52 Å². The average molecular weight is 256 g/mol. The Kier molecular flexibility index (Phi) is 3.07. The molecule has 1 N–H and O–H groups in total. The maximum atomic E-state index is 12.1. The summed E-state index contributed by atoms with van der Waals surface area (Å²) in [6.07, 6.45) is 2.32. The monoisotopic (exact) mass is 256 g/mol. The molecule has 4 nitrogen and oxygen atoms in total. The molecule has 0 bridgehead atoms. The first-order valence-corrected chi connectivity index (χ1v) is 6.53. The number of carbonyl (C=O) groups excluding carboxylic acids is 1. The van der Waals surface area contributed by atoms with Gasteiger partial charge in [-0.3, -0.25) is 4.79 Å². The molecule has 1 aliphatic rings. The summed E-state index contributed by atoms with van der Waals surface area (Å²) >= 11 is 0. The third-order valence-corrected chi connectivity index (χ3v) is 3.39. The van der Waals surface area contributed by atoms with Crippen molar-refractivity contribution in [2.45, 2.75) is 25.8 Å². The van der Waals surface area contributed by atoms with Crippen LogP contribution < -0.4 is 5.32 Å². The van der Waals surface area contributed by atoms with E-state index in [0.717, 1.165) is 18.4 Å². The van der Waals surface area contributed by atoms with Crippen molar-refractivity contribution in [3.8, 4) is 0 Å². The van der Waals surface area contributed by atoms with Gasteiger partial charge in [0.2, 0.25) is 5.76 Å². The maximum Gasteiger partial charge on any atom is 0.290 e. The van der Waals surface area contributed by atoms with E-state index in [-0.39, 0.29) is 17.7 Å². The zero-order valence-electron chi connectivity index (χ0n) is 10.8. The van der Waals surface area contributed by atoms with E-state index in [1.54, 1.807) is 13.0 Å². The fourth-order valence-corrected chi connectivity index (χ4v) is 2.25. The van der Waals surface area contributed by atoms with Crippen LogP contribution in [0.2, 0.25) is 0 Å². The van der Waals surface area contributed by atoms with Crippen molar-refractivity contribution in [3.05, 3.63) is 53.4 Å².